The van der Waals surface area contributed by atoms with Crippen molar-refractivity contribution in [2.75, 3.05) is 26.7 Å². The minimum absolute atomic E-state index is 0.0862. The maximum Gasteiger partial charge on any atom is 0.317 e. The molecule has 0 radical (unpaired) electrons. The van der Waals surface area contributed by atoms with Crippen LogP contribution >= 0.6 is 0 Å². The van der Waals surface area contributed by atoms with Crippen molar-refractivity contribution < 1.29 is 14.7 Å². The molecule has 0 bridgehead atoms. The highest BCUT2D eigenvalue weighted by molar-refractivity contribution is 5.76. The second-order valence-corrected chi connectivity index (χ2v) is 6.19. The Morgan fingerprint density at radius 3 is 2.65 bits per heavy atom. The van der Waals surface area contributed by atoms with E-state index in [4.69, 9.17) is 5.11 Å². The van der Waals surface area contributed by atoms with Crippen molar-refractivity contribution in [2.45, 2.75) is 51.6 Å². The highest BCUT2D eigenvalue weighted by atomic mass is 16.4. The highest BCUT2D eigenvalue weighted by Crippen LogP contribution is 2.17. The predicted molar refractivity (Wildman–Crippen MR) is 77.8 cm³/mol. The average Bonchev–Trinajstić information content (AvgIpc) is 2.73. The number of amides is 2. The molecule has 1 aliphatic heterocycles. The molecule has 1 heterocycles. The lowest BCUT2D eigenvalue weighted by atomic mass is 10.0. The van der Waals surface area contributed by atoms with Crippen molar-refractivity contribution in [1.82, 2.24) is 15.1 Å². The first-order valence-electron chi connectivity index (χ1n) is 7.24. The van der Waals surface area contributed by atoms with Gasteiger partial charge in [0.1, 0.15) is 0 Å². The first-order chi connectivity index (χ1) is 9.25. The molecule has 0 spiro atoms. The Hall–Kier alpha value is -1.30. The first-order valence-corrected chi connectivity index (χ1v) is 7.24. The van der Waals surface area contributed by atoms with Crippen molar-refractivity contribution in [3.05, 3.63) is 0 Å². The second kappa shape index (κ2) is 6.92. The second-order valence-electron chi connectivity index (χ2n) is 6.19. The third kappa shape index (κ3) is 5.00. The van der Waals surface area contributed by atoms with Gasteiger partial charge in [0.05, 0.1) is 6.42 Å². The monoisotopic (exact) mass is 285 g/mol. The fourth-order valence-corrected chi connectivity index (χ4v) is 2.72. The van der Waals surface area contributed by atoms with Crippen LogP contribution in [0.5, 0.6) is 0 Å². The molecule has 6 nitrogen and oxygen atoms in total. The Balaban J connectivity index is 2.48. The Morgan fingerprint density at radius 2 is 2.10 bits per heavy atom. The molecule has 1 fully saturated rings. The smallest absolute Gasteiger partial charge is 0.317 e. The molecule has 0 aromatic heterocycles. The average molecular weight is 285 g/mol. The standard InChI is InChI=1S/C14H27N3O3/c1-5-17-8-6-7-11(17)10-16(4)13(20)15-14(2,3)9-12(18)19/h11H,5-10H2,1-4H3,(H,15,20)(H,18,19). The van der Waals surface area contributed by atoms with Crippen molar-refractivity contribution in [2.24, 2.45) is 0 Å². The topological polar surface area (TPSA) is 72.9 Å². The lowest BCUT2D eigenvalue weighted by Gasteiger charge is -2.31. The maximum atomic E-state index is 12.1. The van der Waals surface area contributed by atoms with Gasteiger partial charge in [-0.3, -0.25) is 9.69 Å². The molecule has 1 atom stereocenters. The summed E-state index contributed by atoms with van der Waals surface area (Å²) in [6.07, 6.45) is 2.21. The molecule has 0 saturated carbocycles. The van der Waals surface area contributed by atoms with Gasteiger partial charge in [-0.25, -0.2) is 4.79 Å². The zero-order valence-electron chi connectivity index (χ0n) is 13.0. The number of likely N-dealkylation sites (N-methyl/N-ethyl adjacent to an activating group) is 2. The zero-order chi connectivity index (χ0) is 15.3. The maximum absolute atomic E-state index is 12.1. The molecule has 1 aliphatic rings. The Kier molecular flexibility index (Phi) is 5.80. The molecular weight excluding hydrogens is 258 g/mol. The number of nitrogens with one attached hydrogen (secondary N) is 1. The summed E-state index contributed by atoms with van der Waals surface area (Å²) in [7, 11) is 1.76. The van der Waals surface area contributed by atoms with Crippen molar-refractivity contribution in [1.29, 1.82) is 0 Å². The fraction of sp³-hybridized carbons (Fsp3) is 0.857. The summed E-state index contributed by atoms with van der Waals surface area (Å²) in [5, 5.41) is 11.6. The van der Waals surface area contributed by atoms with E-state index in [9.17, 15) is 9.59 Å². The SMILES string of the molecule is CCN1CCCC1CN(C)C(=O)NC(C)(C)CC(=O)O. The van der Waals surface area contributed by atoms with Crippen LogP contribution in [0.4, 0.5) is 4.79 Å². The van der Waals surface area contributed by atoms with Crippen LogP contribution in [0.15, 0.2) is 0 Å². The van der Waals surface area contributed by atoms with Crippen molar-refractivity contribution in [3.63, 3.8) is 0 Å². The molecule has 0 aromatic carbocycles. The number of aliphatic carboxylic acids is 1. The molecular formula is C14H27N3O3. The molecule has 20 heavy (non-hydrogen) atoms. The number of likely N-dealkylation sites (tertiary alicyclic amines) is 1. The van der Waals surface area contributed by atoms with Gasteiger partial charge in [-0.1, -0.05) is 6.92 Å². The summed E-state index contributed by atoms with van der Waals surface area (Å²) in [5.41, 5.74) is -0.739. The van der Waals surface area contributed by atoms with E-state index in [1.165, 1.54) is 6.42 Å². The quantitative estimate of drug-likeness (QED) is 0.773. The first kappa shape index (κ1) is 16.8. The van der Waals surface area contributed by atoms with Crippen molar-refractivity contribution in [3.8, 4) is 0 Å². The molecule has 1 rings (SSSR count). The van der Waals surface area contributed by atoms with Crippen molar-refractivity contribution >= 4 is 12.0 Å². The number of carbonyl (C=O) groups excluding carboxylic acids is 1. The largest absolute Gasteiger partial charge is 0.481 e. The minimum atomic E-state index is -0.911. The van der Waals surface area contributed by atoms with E-state index < -0.39 is 11.5 Å². The van der Waals surface area contributed by atoms with Gasteiger partial charge in [-0.15, -0.1) is 0 Å². The molecule has 0 aliphatic carbocycles. The molecule has 1 saturated heterocycles. The van der Waals surface area contributed by atoms with E-state index >= 15 is 0 Å². The number of urea groups is 1. The van der Waals surface area contributed by atoms with E-state index in [2.05, 4.69) is 17.1 Å². The van der Waals surface area contributed by atoms with Crippen LogP contribution in [-0.2, 0) is 4.79 Å². The molecule has 0 aromatic rings. The van der Waals surface area contributed by atoms with E-state index in [0.717, 1.165) is 19.5 Å². The highest BCUT2D eigenvalue weighted by Gasteiger charge is 2.28. The van der Waals surface area contributed by atoms with Gasteiger partial charge in [0.2, 0.25) is 0 Å². The van der Waals surface area contributed by atoms with Gasteiger partial charge in [-0.05, 0) is 39.8 Å². The van der Waals surface area contributed by atoms with Gasteiger partial charge in [0.25, 0.3) is 0 Å². The van der Waals surface area contributed by atoms with Gasteiger partial charge in [0.15, 0.2) is 0 Å². The number of carboxylic acid groups (broad SMARTS) is 1. The Morgan fingerprint density at radius 1 is 1.45 bits per heavy atom. The Bertz CT molecular complexity index is 358. The van der Waals surface area contributed by atoms with Crippen LogP contribution in [0.3, 0.4) is 0 Å². The molecule has 2 N–H and O–H groups in total. The van der Waals surface area contributed by atoms with Crippen LogP contribution in [0.25, 0.3) is 0 Å². The van der Waals surface area contributed by atoms with E-state index in [0.29, 0.717) is 12.6 Å². The third-order valence-corrected chi connectivity index (χ3v) is 3.78. The number of rotatable bonds is 6. The molecule has 116 valence electrons. The van der Waals surface area contributed by atoms with Crippen LogP contribution in [0.2, 0.25) is 0 Å². The molecule has 6 heteroatoms. The summed E-state index contributed by atoms with van der Waals surface area (Å²) in [5.74, 6) is -0.911. The molecule has 2 amide bonds. The number of hydrogen-bond donors (Lipinski definition) is 2. The summed E-state index contributed by atoms with van der Waals surface area (Å²) in [6.45, 7) is 8.37. The lowest BCUT2D eigenvalue weighted by molar-refractivity contribution is -0.138. The number of nitrogens with zero attached hydrogens (tertiary/aromatic N) is 2. The summed E-state index contributed by atoms with van der Waals surface area (Å²) in [6, 6.07) is 0.206. The molecule has 1 unspecified atom stereocenters. The normalized spacial score (nSPS) is 19.9. The fourth-order valence-electron chi connectivity index (χ4n) is 2.72. The van der Waals surface area contributed by atoms with Crippen LogP contribution in [0, 0.1) is 0 Å². The van der Waals surface area contributed by atoms with Gasteiger partial charge in [-0.2, -0.15) is 0 Å². The van der Waals surface area contributed by atoms with Crippen LogP contribution in [-0.4, -0.2) is 65.2 Å². The zero-order valence-corrected chi connectivity index (χ0v) is 13.0. The van der Waals surface area contributed by atoms with Crippen LogP contribution in [0.1, 0.15) is 40.0 Å². The van der Waals surface area contributed by atoms with Crippen LogP contribution < -0.4 is 5.32 Å². The van der Waals surface area contributed by atoms with Gasteiger partial charge >= 0.3 is 12.0 Å². The Labute approximate surface area is 121 Å². The van der Waals surface area contributed by atoms with E-state index in [1.807, 2.05) is 0 Å². The number of carboxylic acids is 1. The van der Waals surface area contributed by atoms with E-state index in [-0.39, 0.29) is 12.5 Å². The van der Waals surface area contributed by atoms with Gasteiger partial charge in [0, 0.05) is 25.2 Å². The summed E-state index contributed by atoms with van der Waals surface area (Å²) < 4.78 is 0. The predicted octanol–water partition coefficient (Wildman–Crippen LogP) is 1.37. The minimum Gasteiger partial charge on any atom is -0.481 e. The lowest BCUT2D eigenvalue weighted by Crippen LogP contribution is -2.52. The summed E-state index contributed by atoms with van der Waals surface area (Å²) >= 11 is 0. The summed E-state index contributed by atoms with van der Waals surface area (Å²) in [4.78, 5) is 26.9. The third-order valence-electron chi connectivity index (χ3n) is 3.78. The van der Waals surface area contributed by atoms with E-state index in [1.54, 1.807) is 25.8 Å². The van der Waals surface area contributed by atoms with Gasteiger partial charge < -0.3 is 15.3 Å². The number of hydrogen-bond acceptors (Lipinski definition) is 3. The number of carbonyl (C=O) groups is 2.